The minimum atomic E-state index is 0.177. The number of carbonyl (C=O) groups excluding carboxylic acids is 1. The van der Waals surface area contributed by atoms with Crippen LogP contribution in [-0.2, 0) is 4.79 Å². The maximum Gasteiger partial charge on any atom is 0.219 e. The number of amides is 1. The van der Waals surface area contributed by atoms with Gasteiger partial charge in [0.15, 0.2) is 0 Å². The van der Waals surface area contributed by atoms with E-state index in [1.807, 2.05) is 35.5 Å². The van der Waals surface area contributed by atoms with Crippen LogP contribution in [0.3, 0.4) is 0 Å². The molecule has 3 aromatic rings. The van der Waals surface area contributed by atoms with Crippen LogP contribution in [0.4, 0.5) is 5.69 Å². The molecule has 28 heavy (non-hydrogen) atoms. The molecular formula is C22H22N4O2. The van der Waals surface area contributed by atoms with Crippen molar-refractivity contribution in [1.29, 1.82) is 0 Å². The quantitative estimate of drug-likeness (QED) is 0.705. The molecule has 2 aromatic heterocycles. The number of pyridine rings is 2. The van der Waals surface area contributed by atoms with E-state index in [1.165, 1.54) is 0 Å². The number of fused-ring (bicyclic) bond motifs is 1. The molecule has 2 saturated heterocycles. The molecule has 1 spiro atoms. The number of carbonyl (C=O) groups is 1. The third-order valence-corrected chi connectivity index (χ3v) is 5.85. The van der Waals surface area contributed by atoms with E-state index in [2.05, 4.69) is 33.1 Å². The van der Waals surface area contributed by atoms with Gasteiger partial charge in [-0.25, -0.2) is 4.98 Å². The van der Waals surface area contributed by atoms with E-state index in [0.717, 1.165) is 53.9 Å². The molecule has 0 unspecified atom stereocenters. The first-order chi connectivity index (χ1) is 13.5. The van der Waals surface area contributed by atoms with Gasteiger partial charge in [-0.3, -0.25) is 9.78 Å². The maximum absolute atomic E-state index is 11.4. The number of aromatic nitrogens is 2. The number of hydrogen-bond donors (Lipinski definition) is 0. The zero-order chi connectivity index (χ0) is 19.3. The van der Waals surface area contributed by atoms with Gasteiger partial charge in [-0.05, 0) is 29.8 Å². The number of ether oxygens (including phenoxy) is 1. The molecule has 142 valence electrons. The lowest BCUT2D eigenvalue weighted by Crippen LogP contribution is -2.72. The van der Waals surface area contributed by atoms with Crippen molar-refractivity contribution in [3.8, 4) is 17.0 Å². The summed E-state index contributed by atoms with van der Waals surface area (Å²) in [5, 5.41) is 1.07. The van der Waals surface area contributed by atoms with Crippen molar-refractivity contribution in [3.05, 3.63) is 48.8 Å². The first-order valence-corrected chi connectivity index (χ1v) is 9.46. The predicted molar refractivity (Wildman–Crippen MR) is 108 cm³/mol. The Balaban J connectivity index is 1.35. The highest BCUT2D eigenvalue weighted by Gasteiger charge is 2.52. The summed E-state index contributed by atoms with van der Waals surface area (Å²) in [6, 6.07) is 12.3. The van der Waals surface area contributed by atoms with Crippen molar-refractivity contribution in [1.82, 2.24) is 14.9 Å². The van der Waals surface area contributed by atoms with Crippen LogP contribution < -0.4 is 9.64 Å². The number of likely N-dealkylation sites (tertiary alicyclic amines) is 1. The van der Waals surface area contributed by atoms with E-state index in [4.69, 9.17) is 4.74 Å². The molecule has 0 saturated carbocycles. The third kappa shape index (κ3) is 2.76. The molecule has 2 fully saturated rings. The Morgan fingerprint density at radius 1 is 1.04 bits per heavy atom. The molecule has 1 amide bonds. The zero-order valence-corrected chi connectivity index (χ0v) is 16.1. The summed E-state index contributed by atoms with van der Waals surface area (Å²) in [5.74, 6) is 0.797. The second-order valence-corrected chi connectivity index (χ2v) is 7.92. The van der Waals surface area contributed by atoms with Gasteiger partial charge in [0.25, 0.3) is 0 Å². The first kappa shape index (κ1) is 17.0. The minimum absolute atomic E-state index is 0.177. The molecule has 5 rings (SSSR count). The summed E-state index contributed by atoms with van der Waals surface area (Å²) >= 11 is 0. The minimum Gasteiger partial charge on any atom is -0.481 e. The molecule has 0 aliphatic carbocycles. The molecule has 6 heteroatoms. The Hall–Kier alpha value is -3.15. The first-order valence-electron chi connectivity index (χ1n) is 9.46. The van der Waals surface area contributed by atoms with Crippen LogP contribution in [0.15, 0.2) is 48.8 Å². The van der Waals surface area contributed by atoms with Gasteiger partial charge in [-0.2, -0.15) is 0 Å². The zero-order valence-electron chi connectivity index (χ0n) is 16.1. The van der Waals surface area contributed by atoms with Gasteiger partial charge in [0, 0.05) is 61.7 Å². The number of rotatable bonds is 3. The SMILES string of the molecule is COc1ccc2cc(-c3cncc(N4CC5(CN(C(C)=O)C5)C4)c3)ccc2n1. The van der Waals surface area contributed by atoms with Gasteiger partial charge in [-0.15, -0.1) is 0 Å². The van der Waals surface area contributed by atoms with Crippen LogP contribution in [0.5, 0.6) is 5.88 Å². The molecule has 4 heterocycles. The molecule has 0 N–H and O–H groups in total. The average Bonchev–Trinajstić information content (AvgIpc) is 2.65. The van der Waals surface area contributed by atoms with Crippen LogP contribution in [0.1, 0.15) is 6.92 Å². The number of benzene rings is 1. The molecule has 2 aliphatic rings. The van der Waals surface area contributed by atoms with Crippen molar-refractivity contribution in [2.75, 3.05) is 38.2 Å². The smallest absolute Gasteiger partial charge is 0.219 e. The molecule has 1 aromatic carbocycles. The molecule has 2 aliphatic heterocycles. The van der Waals surface area contributed by atoms with Gasteiger partial charge >= 0.3 is 0 Å². The van der Waals surface area contributed by atoms with E-state index in [0.29, 0.717) is 5.88 Å². The van der Waals surface area contributed by atoms with Gasteiger partial charge in [0.1, 0.15) is 0 Å². The Labute approximate surface area is 163 Å². The molecule has 6 nitrogen and oxygen atoms in total. The van der Waals surface area contributed by atoms with E-state index in [9.17, 15) is 4.79 Å². The monoisotopic (exact) mass is 374 g/mol. The topological polar surface area (TPSA) is 58.6 Å². The third-order valence-electron chi connectivity index (χ3n) is 5.85. The Morgan fingerprint density at radius 3 is 2.61 bits per heavy atom. The summed E-state index contributed by atoms with van der Waals surface area (Å²) in [6.45, 7) is 5.39. The van der Waals surface area contributed by atoms with Crippen LogP contribution in [-0.4, -0.2) is 54.1 Å². The largest absolute Gasteiger partial charge is 0.481 e. The van der Waals surface area contributed by atoms with Crippen molar-refractivity contribution >= 4 is 22.5 Å². The standard InChI is InChI=1S/C22H22N4O2/c1-15(27)25-11-22(12-25)13-26(14-22)19-8-18(9-23-10-19)16-3-5-20-17(7-16)4-6-21(24-20)28-2/h3-10H,11-14H2,1-2H3. The lowest BCUT2D eigenvalue weighted by Gasteiger charge is -2.60. The second-order valence-electron chi connectivity index (χ2n) is 7.92. The van der Waals surface area contributed by atoms with E-state index in [-0.39, 0.29) is 11.3 Å². The van der Waals surface area contributed by atoms with Crippen LogP contribution in [0, 0.1) is 5.41 Å². The van der Waals surface area contributed by atoms with Crippen LogP contribution in [0.2, 0.25) is 0 Å². The Morgan fingerprint density at radius 2 is 1.86 bits per heavy atom. The lowest BCUT2D eigenvalue weighted by atomic mass is 9.72. The number of anilines is 1. The summed E-state index contributed by atoms with van der Waals surface area (Å²) in [4.78, 5) is 24.6. The van der Waals surface area contributed by atoms with Gasteiger partial charge in [-0.1, -0.05) is 6.07 Å². The Bertz CT molecular complexity index is 1070. The number of hydrogen-bond acceptors (Lipinski definition) is 5. The fourth-order valence-corrected chi connectivity index (χ4v) is 4.29. The molecule has 0 radical (unpaired) electrons. The fourth-order valence-electron chi connectivity index (χ4n) is 4.29. The van der Waals surface area contributed by atoms with E-state index in [1.54, 1.807) is 14.0 Å². The van der Waals surface area contributed by atoms with Crippen molar-refractivity contribution in [2.45, 2.75) is 6.92 Å². The van der Waals surface area contributed by atoms with Crippen molar-refractivity contribution in [3.63, 3.8) is 0 Å². The van der Waals surface area contributed by atoms with Crippen molar-refractivity contribution in [2.24, 2.45) is 5.41 Å². The van der Waals surface area contributed by atoms with Crippen molar-refractivity contribution < 1.29 is 9.53 Å². The number of nitrogens with zero attached hydrogens (tertiary/aromatic N) is 4. The molecular weight excluding hydrogens is 352 g/mol. The summed E-state index contributed by atoms with van der Waals surface area (Å²) in [6.07, 6.45) is 3.82. The summed E-state index contributed by atoms with van der Waals surface area (Å²) in [7, 11) is 1.63. The fraction of sp³-hybridized carbons (Fsp3) is 0.318. The summed E-state index contributed by atoms with van der Waals surface area (Å²) in [5.41, 5.74) is 4.55. The Kier molecular flexibility index (Phi) is 3.75. The maximum atomic E-state index is 11.4. The summed E-state index contributed by atoms with van der Waals surface area (Å²) < 4.78 is 5.20. The van der Waals surface area contributed by atoms with Gasteiger partial charge < -0.3 is 14.5 Å². The van der Waals surface area contributed by atoms with Crippen LogP contribution in [0.25, 0.3) is 22.0 Å². The molecule has 0 atom stereocenters. The van der Waals surface area contributed by atoms with E-state index >= 15 is 0 Å². The number of methoxy groups -OCH3 is 1. The van der Waals surface area contributed by atoms with Crippen LogP contribution >= 0.6 is 0 Å². The van der Waals surface area contributed by atoms with Gasteiger partial charge in [0.2, 0.25) is 11.8 Å². The average molecular weight is 374 g/mol. The van der Waals surface area contributed by atoms with Gasteiger partial charge in [0.05, 0.1) is 24.5 Å². The highest BCUT2D eigenvalue weighted by molar-refractivity contribution is 5.85. The molecule has 0 bridgehead atoms. The lowest BCUT2D eigenvalue weighted by molar-refractivity contribution is -0.142. The van der Waals surface area contributed by atoms with E-state index < -0.39 is 0 Å². The highest BCUT2D eigenvalue weighted by Crippen LogP contribution is 2.42. The normalized spacial score (nSPS) is 17.4. The second kappa shape index (κ2) is 6.19. The highest BCUT2D eigenvalue weighted by atomic mass is 16.5. The predicted octanol–water partition coefficient (Wildman–Crippen LogP) is 2.97.